The first kappa shape index (κ1) is 21.4. The molecule has 1 atom stereocenters. The van der Waals surface area contributed by atoms with Crippen molar-refractivity contribution in [1.29, 1.82) is 0 Å². The van der Waals surface area contributed by atoms with Crippen LogP contribution >= 0.6 is 0 Å². The maximum atomic E-state index is 13.7. The van der Waals surface area contributed by atoms with Gasteiger partial charge in [-0.15, -0.1) is 0 Å². The quantitative estimate of drug-likeness (QED) is 0.736. The van der Waals surface area contributed by atoms with Crippen LogP contribution in [-0.4, -0.2) is 58.4 Å². The Morgan fingerprint density at radius 3 is 2.71 bits per heavy atom. The summed E-state index contributed by atoms with van der Waals surface area (Å²) in [6.07, 6.45) is 8.52. The number of nitrogens with zero attached hydrogens (tertiary/aromatic N) is 3. The highest BCUT2D eigenvalue weighted by Crippen LogP contribution is 2.25. The lowest BCUT2D eigenvalue weighted by Crippen LogP contribution is -2.46. The number of pyridine rings is 1. The zero-order chi connectivity index (χ0) is 21.6. The van der Waals surface area contributed by atoms with Crippen molar-refractivity contribution in [1.82, 2.24) is 14.8 Å². The monoisotopic (exact) mass is 425 g/mol. The number of benzene rings is 1. The van der Waals surface area contributed by atoms with Gasteiger partial charge in [0.25, 0.3) is 5.91 Å². The van der Waals surface area contributed by atoms with E-state index in [1.54, 1.807) is 18.5 Å². The van der Waals surface area contributed by atoms with Crippen molar-refractivity contribution >= 4 is 11.8 Å². The Kier molecular flexibility index (Phi) is 6.92. The Balaban J connectivity index is 1.53. The van der Waals surface area contributed by atoms with Crippen molar-refractivity contribution in [3.63, 3.8) is 0 Å². The summed E-state index contributed by atoms with van der Waals surface area (Å²) in [7, 11) is 0. The van der Waals surface area contributed by atoms with Gasteiger partial charge in [0.15, 0.2) is 0 Å². The van der Waals surface area contributed by atoms with E-state index in [4.69, 9.17) is 4.74 Å². The van der Waals surface area contributed by atoms with Crippen molar-refractivity contribution in [3.05, 3.63) is 65.7 Å². The molecule has 31 heavy (non-hydrogen) atoms. The second-order valence-electron chi connectivity index (χ2n) is 8.33. The topological polar surface area (TPSA) is 62.7 Å². The standard InChI is InChI=1S/C24H28FN3O3/c25-20-8-4-7-19(12-20)24(30)27-14-22(31-17-18-6-5-11-26-13-18)15-28(23(29)16-27)21-9-2-1-3-10-21/h4-8,11-13,21-22H,1-3,9-10,14-17H2/t22-/m1/s1. The summed E-state index contributed by atoms with van der Waals surface area (Å²) in [5, 5.41) is 0. The Hall–Kier alpha value is -2.80. The molecule has 1 aliphatic heterocycles. The lowest BCUT2D eigenvalue weighted by molar-refractivity contribution is -0.134. The minimum atomic E-state index is -0.472. The molecule has 0 spiro atoms. The Labute approximate surface area is 182 Å². The minimum absolute atomic E-state index is 0.0153. The van der Waals surface area contributed by atoms with Crippen molar-refractivity contribution in [2.75, 3.05) is 19.6 Å². The van der Waals surface area contributed by atoms with E-state index >= 15 is 0 Å². The van der Waals surface area contributed by atoms with E-state index in [9.17, 15) is 14.0 Å². The molecule has 0 unspecified atom stereocenters. The Morgan fingerprint density at radius 1 is 1.13 bits per heavy atom. The highest BCUT2D eigenvalue weighted by Gasteiger charge is 2.35. The first-order valence-corrected chi connectivity index (χ1v) is 10.9. The fraction of sp³-hybridized carbons (Fsp3) is 0.458. The van der Waals surface area contributed by atoms with Crippen LogP contribution in [0.5, 0.6) is 0 Å². The first-order chi connectivity index (χ1) is 15.1. The van der Waals surface area contributed by atoms with E-state index < -0.39 is 5.82 Å². The fourth-order valence-electron chi connectivity index (χ4n) is 4.45. The fourth-order valence-corrected chi connectivity index (χ4v) is 4.45. The number of halogens is 1. The SMILES string of the molecule is O=C(c1cccc(F)c1)N1CC(=O)N(C2CCCCC2)C[C@H](OCc2cccnc2)C1. The van der Waals surface area contributed by atoms with E-state index in [0.717, 1.165) is 31.2 Å². The molecule has 1 aromatic heterocycles. The molecule has 0 radical (unpaired) electrons. The third-order valence-corrected chi connectivity index (χ3v) is 6.05. The van der Waals surface area contributed by atoms with Gasteiger partial charge in [0.05, 0.1) is 12.7 Å². The van der Waals surface area contributed by atoms with Gasteiger partial charge in [0, 0.05) is 37.1 Å². The summed E-state index contributed by atoms with van der Waals surface area (Å²) in [6, 6.07) is 9.57. The Morgan fingerprint density at radius 2 is 1.97 bits per heavy atom. The maximum absolute atomic E-state index is 13.7. The van der Waals surface area contributed by atoms with Crippen molar-refractivity contribution in [2.45, 2.75) is 50.9 Å². The minimum Gasteiger partial charge on any atom is -0.370 e. The number of hydrogen-bond acceptors (Lipinski definition) is 4. The smallest absolute Gasteiger partial charge is 0.254 e. The van der Waals surface area contributed by atoms with Crippen LogP contribution < -0.4 is 0 Å². The number of amides is 2. The summed E-state index contributed by atoms with van der Waals surface area (Å²) >= 11 is 0. The molecule has 6 nitrogen and oxygen atoms in total. The van der Waals surface area contributed by atoms with Gasteiger partial charge in [-0.3, -0.25) is 14.6 Å². The molecule has 2 amide bonds. The van der Waals surface area contributed by atoms with Crippen LogP contribution in [0.3, 0.4) is 0 Å². The van der Waals surface area contributed by atoms with E-state index in [2.05, 4.69) is 4.98 Å². The highest BCUT2D eigenvalue weighted by atomic mass is 19.1. The number of rotatable bonds is 5. The summed E-state index contributed by atoms with van der Waals surface area (Å²) in [5.74, 6) is -0.891. The van der Waals surface area contributed by atoms with E-state index in [1.807, 2.05) is 17.0 Å². The third-order valence-electron chi connectivity index (χ3n) is 6.05. The largest absolute Gasteiger partial charge is 0.370 e. The van der Waals surface area contributed by atoms with E-state index in [-0.39, 0.29) is 42.6 Å². The number of carbonyl (C=O) groups is 2. The molecule has 7 heteroatoms. The predicted octanol–water partition coefficient (Wildman–Crippen LogP) is 3.42. The van der Waals surface area contributed by atoms with Gasteiger partial charge in [-0.2, -0.15) is 0 Å². The van der Waals surface area contributed by atoms with Crippen LogP contribution in [-0.2, 0) is 16.1 Å². The third kappa shape index (κ3) is 5.47. The molecule has 2 fully saturated rings. The highest BCUT2D eigenvalue weighted by molar-refractivity contribution is 5.96. The first-order valence-electron chi connectivity index (χ1n) is 10.9. The average molecular weight is 426 g/mol. The average Bonchev–Trinajstić information content (AvgIpc) is 2.97. The molecule has 164 valence electrons. The van der Waals surface area contributed by atoms with E-state index in [0.29, 0.717) is 13.2 Å². The van der Waals surface area contributed by atoms with Crippen LogP contribution in [0.4, 0.5) is 4.39 Å². The molecule has 4 rings (SSSR count). The molecule has 0 N–H and O–H groups in total. The van der Waals surface area contributed by atoms with Gasteiger partial charge >= 0.3 is 0 Å². The summed E-state index contributed by atoms with van der Waals surface area (Å²) in [4.78, 5) is 33.7. The lowest BCUT2D eigenvalue weighted by atomic mass is 9.94. The summed E-state index contributed by atoms with van der Waals surface area (Å²) in [5.41, 5.74) is 1.18. The molecule has 2 aliphatic rings. The van der Waals surface area contributed by atoms with Crippen molar-refractivity contribution < 1.29 is 18.7 Å². The lowest BCUT2D eigenvalue weighted by Gasteiger charge is -2.34. The molecule has 1 saturated carbocycles. The zero-order valence-electron chi connectivity index (χ0n) is 17.6. The summed E-state index contributed by atoms with van der Waals surface area (Å²) < 4.78 is 19.8. The van der Waals surface area contributed by atoms with Crippen LogP contribution in [0.25, 0.3) is 0 Å². The van der Waals surface area contributed by atoms with Gasteiger partial charge < -0.3 is 14.5 Å². The molecule has 2 aromatic rings. The van der Waals surface area contributed by atoms with Crippen LogP contribution in [0.15, 0.2) is 48.8 Å². The van der Waals surface area contributed by atoms with Gasteiger partial charge in [-0.25, -0.2) is 4.39 Å². The number of aromatic nitrogens is 1. The number of carbonyl (C=O) groups excluding carboxylic acids is 2. The number of hydrogen-bond donors (Lipinski definition) is 0. The second kappa shape index (κ2) is 10.0. The second-order valence-corrected chi connectivity index (χ2v) is 8.33. The maximum Gasteiger partial charge on any atom is 0.254 e. The molecular weight excluding hydrogens is 397 g/mol. The Bertz CT molecular complexity index is 902. The number of ether oxygens (including phenoxy) is 1. The van der Waals surface area contributed by atoms with Gasteiger partial charge in [-0.1, -0.05) is 31.4 Å². The summed E-state index contributed by atoms with van der Waals surface area (Å²) in [6.45, 7) is 1.08. The molecule has 0 bridgehead atoms. The van der Waals surface area contributed by atoms with E-state index in [1.165, 1.54) is 29.5 Å². The van der Waals surface area contributed by atoms with Gasteiger partial charge in [0.2, 0.25) is 5.91 Å². The van der Waals surface area contributed by atoms with Crippen molar-refractivity contribution in [2.24, 2.45) is 0 Å². The van der Waals surface area contributed by atoms with Crippen LogP contribution in [0, 0.1) is 5.82 Å². The molecule has 2 heterocycles. The molecule has 1 aliphatic carbocycles. The predicted molar refractivity (Wildman–Crippen MR) is 114 cm³/mol. The molecule has 1 aromatic carbocycles. The van der Waals surface area contributed by atoms with Crippen LogP contribution in [0.2, 0.25) is 0 Å². The van der Waals surface area contributed by atoms with Crippen molar-refractivity contribution in [3.8, 4) is 0 Å². The van der Waals surface area contributed by atoms with Gasteiger partial charge in [-0.05, 0) is 42.7 Å². The molecular formula is C24H28FN3O3. The van der Waals surface area contributed by atoms with Gasteiger partial charge in [0.1, 0.15) is 12.4 Å². The van der Waals surface area contributed by atoms with Crippen LogP contribution in [0.1, 0.15) is 48.0 Å². The normalized spacial score (nSPS) is 20.5. The molecule has 1 saturated heterocycles. The zero-order valence-corrected chi connectivity index (χ0v) is 17.6.